The van der Waals surface area contributed by atoms with Crippen molar-refractivity contribution in [2.45, 2.75) is 57.3 Å². The van der Waals surface area contributed by atoms with Gasteiger partial charge in [0.05, 0.1) is 6.61 Å². The quantitative estimate of drug-likeness (QED) is 0.781. The summed E-state index contributed by atoms with van der Waals surface area (Å²) in [7, 11) is 0. The van der Waals surface area contributed by atoms with Gasteiger partial charge in [0.25, 0.3) is 0 Å². The minimum atomic E-state index is -0.507. The van der Waals surface area contributed by atoms with Gasteiger partial charge in [0.15, 0.2) is 0 Å². The minimum absolute atomic E-state index is 0.188. The van der Waals surface area contributed by atoms with E-state index in [2.05, 4.69) is 38.1 Å². The molecule has 1 aromatic rings. The first-order valence-corrected chi connectivity index (χ1v) is 7.64. The zero-order chi connectivity index (χ0) is 14.1. The zero-order valence-corrected chi connectivity index (χ0v) is 12.4. The average Bonchev–Trinajstić information content (AvgIpc) is 2.46. The molecule has 110 valence electrons. The summed E-state index contributed by atoms with van der Waals surface area (Å²) >= 11 is 0. The molecule has 1 aromatic carbocycles. The summed E-state index contributed by atoms with van der Waals surface area (Å²) in [6.45, 7) is 4.90. The van der Waals surface area contributed by atoms with E-state index in [0.717, 1.165) is 25.7 Å². The first-order valence-electron chi connectivity index (χ1n) is 7.64. The Morgan fingerprint density at radius 3 is 2.80 bits per heavy atom. The van der Waals surface area contributed by atoms with E-state index in [-0.39, 0.29) is 5.60 Å². The van der Waals surface area contributed by atoms with Gasteiger partial charge in [0.1, 0.15) is 5.60 Å². The third kappa shape index (κ3) is 2.90. The second-order valence-corrected chi connectivity index (χ2v) is 6.56. The van der Waals surface area contributed by atoms with E-state index in [4.69, 9.17) is 14.5 Å². The Labute approximate surface area is 121 Å². The van der Waals surface area contributed by atoms with Gasteiger partial charge in [0, 0.05) is 12.8 Å². The van der Waals surface area contributed by atoms with Crippen molar-refractivity contribution in [3.05, 3.63) is 35.9 Å². The lowest BCUT2D eigenvalue weighted by Crippen LogP contribution is -2.54. The van der Waals surface area contributed by atoms with Gasteiger partial charge in [-0.1, -0.05) is 30.3 Å². The summed E-state index contributed by atoms with van der Waals surface area (Å²) in [5.41, 5.74) is 1.11. The van der Waals surface area contributed by atoms with Gasteiger partial charge in [-0.2, -0.15) is 0 Å². The Morgan fingerprint density at radius 1 is 1.20 bits per heavy atom. The Kier molecular flexibility index (Phi) is 3.85. The second kappa shape index (κ2) is 5.47. The van der Waals surface area contributed by atoms with Crippen LogP contribution < -0.4 is 0 Å². The maximum absolute atomic E-state index is 6.09. The molecule has 3 nitrogen and oxygen atoms in total. The largest absolute Gasteiger partial charge is 0.347 e. The molecule has 20 heavy (non-hydrogen) atoms. The number of rotatable bonds is 4. The maximum Gasteiger partial charge on any atom is 0.201 e. The molecule has 0 N–H and O–H groups in total. The fraction of sp³-hybridized carbons (Fsp3) is 0.647. The van der Waals surface area contributed by atoms with Crippen LogP contribution in [0, 0.1) is 5.92 Å². The molecule has 0 spiro atoms. The first kappa shape index (κ1) is 14.1. The zero-order valence-electron chi connectivity index (χ0n) is 12.4. The molecule has 1 saturated heterocycles. The molecule has 3 heteroatoms. The third-order valence-electron chi connectivity index (χ3n) is 4.66. The third-order valence-corrected chi connectivity index (χ3v) is 4.66. The molecular weight excluding hydrogens is 252 g/mol. The van der Waals surface area contributed by atoms with Gasteiger partial charge in [-0.3, -0.25) is 0 Å². The number of hydrogen-bond acceptors (Lipinski definition) is 3. The van der Waals surface area contributed by atoms with Crippen molar-refractivity contribution < 1.29 is 14.5 Å². The normalized spacial score (nSPS) is 32.0. The predicted molar refractivity (Wildman–Crippen MR) is 77.0 cm³/mol. The van der Waals surface area contributed by atoms with Crippen LogP contribution in [0.25, 0.3) is 0 Å². The van der Waals surface area contributed by atoms with Crippen LogP contribution in [0.15, 0.2) is 30.3 Å². The topological polar surface area (TPSA) is 27.7 Å². The Bertz CT molecular complexity index is 443. The van der Waals surface area contributed by atoms with Crippen LogP contribution in [0.5, 0.6) is 0 Å². The minimum Gasteiger partial charge on any atom is -0.347 e. The molecule has 1 aliphatic carbocycles. The molecule has 1 heterocycles. The van der Waals surface area contributed by atoms with Crippen molar-refractivity contribution in [3.8, 4) is 0 Å². The van der Waals surface area contributed by atoms with E-state index in [1.807, 2.05) is 6.07 Å². The monoisotopic (exact) mass is 276 g/mol. The summed E-state index contributed by atoms with van der Waals surface area (Å²) in [6, 6.07) is 10.4. The molecule has 2 fully saturated rings. The molecular formula is C17H24O3. The smallest absolute Gasteiger partial charge is 0.201 e. The van der Waals surface area contributed by atoms with Crippen LogP contribution in [0.1, 0.15) is 45.1 Å². The van der Waals surface area contributed by atoms with Crippen LogP contribution in [0.3, 0.4) is 0 Å². The summed E-state index contributed by atoms with van der Waals surface area (Å²) in [5, 5.41) is 0. The molecule has 2 bridgehead atoms. The lowest BCUT2D eigenvalue weighted by Gasteiger charge is -2.49. The standard InChI is InChI=1S/C17H24O3/c1-16(2)15-9-6-11-17(13-15,20-19-16)18-12-10-14-7-4-3-5-8-14/h3-5,7-8,15H,6,9-13H2,1-2H3. The van der Waals surface area contributed by atoms with Gasteiger partial charge in [-0.25, -0.2) is 9.78 Å². The van der Waals surface area contributed by atoms with E-state index < -0.39 is 5.79 Å². The molecule has 3 rings (SSSR count). The summed E-state index contributed by atoms with van der Waals surface area (Å²) in [5.74, 6) is 0.0226. The highest BCUT2D eigenvalue weighted by Crippen LogP contribution is 2.47. The fourth-order valence-corrected chi connectivity index (χ4v) is 3.27. The number of fused-ring (bicyclic) bond motifs is 2. The highest BCUT2D eigenvalue weighted by atomic mass is 17.2. The van der Waals surface area contributed by atoms with Gasteiger partial charge in [0.2, 0.25) is 5.79 Å². The van der Waals surface area contributed by atoms with Crippen LogP contribution in [-0.4, -0.2) is 18.0 Å². The summed E-state index contributed by atoms with van der Waals surface area (Å²) in [4.78, 5) is 11.3. The van der Waals surface area contributed by atoms with E-state index in [1.54, 1.807) is 0 Å². The van der Waals surface area contributed by atoms with Gasteiger partial charge < -0.3 is 4.74 Å². The summed E-state index contributed by atoms with van der Waals surface area (Å²) < 4.78 is 6.09. The van der Waals surface area contributed by atoms with E-state index >= 15 is 0 Å². The van der Waals surface area contributed by atoms with Crippen molar-refractivity contribution in [2.24, 2.45) is 5.92 Å². The molecule has 0 aromatic heterocycles. The number of benzene rings is 1. The number of hydrogen-bond donors (Lipinski definition) is 0. The fourth-order valence-electron chi connectivity index (χ4n) is 3.27. The molecule has 0 amide bonds. The van der Waals surface area contributed by atoms with Gasteiger partial charge in [-0.05, 0) is 44.6 Å². The maximum atomic E-state index is 6.09. The van der Waals surface area contributed by atoms with Crippen LogP contribution in [0.4, 0.5) is 0 Å². The Hall–Kier alpha value is -0.900. The second-order valence-electron chi connectivity index (χ2n) is 6.56. The lowest BCUT2D eigenvalue weighted by atomic mass is 9.75. The molecule has 2 unspecified atom stereocenters. The molecule has 0 radical (unpaired) electrons. The van der Waals surface area contributed by atoms with Gasteiger partial charge in [-0.15, -0.1) is 0 Å². The number of ether oxygens (including phenoxy) is 1. The summed E-state index contributed by atoms with van der Waals surface area (Å²) in [6.07, 6.45) is 5.17. The Balaban J connectivity index is 1.57. The van der Waals surface area contributed by atoms with Crippen LogP contribution in [0.2, 0.25) is 0 Å². The molecule has 1 saturated carbocycles. The van der Waals surface area contributed by atoms with E-state index in [9.17, 15) is 0 Å². The van der Waals surface area contributed by atoms with Crippen LogP contribution in [-0.2, 0) is 20.9 Å². The highest BCUT2D eigenvalue weighted by Gasteiger charge is 2.50. The van der Waals surface area contributed by atoms with Crippen molar-refractivity contribution in [3.63, 3.8) is 0 Å². The van der Waals surface area contributed by atoms with E-state index in [1.165, 1.54) is 12.0 Å². The highest BCUT2D eigenvalue weighted by molar-refractivity contribution is 5.14. The van der Waals surface area contributed by atoms with Crippen LogP contribution >= 0.6 is 0 Å². The SMILES string of the molecule is CC1(C)OOC2(OCCc3ccccc3)CCCC1C2. The lowest BCUT2D eigenvalue weighted by molar-refractivity contribution is -0.506. The van der Waals surface area contributed by atoms with E-state index in [0.29, 0.717) is 12.5 Å². The van der Waals surface area contributed by atoms with Gasteiger partial charge >= 0.3 is 0 Å². The van der Waals surface area contributed by atoms with Crippen molar-refractivity contribution in [1.82, 2.24) is 0 Å². The molecule has 2 aliphatic rings. The van der Waals surface area contributed by atoms with Crippen molar-refractivity contribution >= 4 is 0 Å². The van der Waals surface area contributed by atoms with Crippen molar-refractivity contribution in [2.75, 3.05) is 6.61 Å². The first-order chi connectivity index (χ1) is 9.60. The molecule has 1 aliphatic heterocycles. The predicted octanol–water partition coefficient (Wildman–Crippen LogP) is 3.87. The van der Waals surface area contributed by atoms with Crippen molar-refractivity contribution in [1.29, 1.82) is 0 Å². The average molecular weight is 276 g/mol. The Morgan fingerprint density at radius 2 is 2.00 bits per heavy atom. The molecule has 2 atom stereocenters.